The quantitative estimate of drug-likeness (QED) is 0.382. The Bertz CT molecular complexity index is 1300. The molecule has 1 aliphatic heterocycles. The number of para-hydroxylation sites is 2. The van der Waals surface area contributed by atoms with Gasteiger partial charge in [-0.25, -0.2) is 0 Å². The lowest BCUT2D eigenvalue weighted by Gasteiger charge is -2.30. The van der Waals surface area contributed by atoms with Crippen molar-refractivity contribution in [1.82, 2.24) is 0 Å². The number of methoxy groups -OCH3 is 1. The van der Waals surface area contributed by atoms with E-state index in [4.69, 9.17) is 21.1 Å². The Morgan fingerprint density at radius 1 is 1.03 bits per heavy atom. The maximum atomic E-state index is 13.7. The largest absolute Gasteiger partial charge is 0.503 e. The first-order valence-electron chi connectivity index (χ1n) is 11.7. The molecule has 1 aliphatic carbocycles. The highest BCUT2D eigenvalue weighted by atomic mass is 35.5. The number of fused-ring (bicyclic) bond motifs is 1. The van der Waals surface area contributed by atoms with Gasteiger partial charge in [0.25, 0.3) is 0 Å². The highest BCUT2D eigenvalue weighted by Crippen LogP contribution is 2.46. The number of carbonyl (C=O) groups is 1. The third-order valence-electron chi connectivity index (χ3n) is 6.58. The van der Waals surface area contributed by atoms with Crippen LogP contribution in [0.5, 0.6) is 17.2 Å². The smallest absolute Gasteiger partial charge is 0.176 e. The van der Waals surface area contributed by atoms with Gasteiger partial charge in [0.05, 0.1) is 36.2 Å². The molecule has 7 heteroatoms. The van der Waals surface area contributed by atoms with Crippen molar-refractivity contribution < 1.29 is 19.4 Å². The normalized spacial score (nSPS) is 19.1. The number of halogens is 1. The molecule has 0 bridgehead atoms. The fraction of sp³-hybridized carbons (Fsp3) is 0.250. The van der Waals surface area contributed by atoms with Gasteiger partial charge in [-0.3, -0.25) is 4.79 Å². The van der Waals surface area contributed by atoms with Gasteiger partial charge in [-0.05, 0) is 66.8 Å². The van der Waals surface area contributed by atoms with Gasteiger partial charge < -0.3 is 25.2 Å². The van der Waals surface area contributed by atoms with Crippen LogP contribution < -0.4 is 20.1 Å². The van der Waals surface area contributed by atoms with E-state index in [1.165, 1.54) is 0 Å². The molecule has 0 fully saturated rings. The molecule has 35 heavy (non-hydrogen) atoms. The van der Waals surface area contributed by atoms with Crippen LogP contribution in [0.3, 0.4) is 0 Å². The van der Waals surface area contributed by atoms with Crippen LogP contribution in [0.2, 0.25) is 5.02 Å². The summed E-state index contributed by atoms with van der Waals surface area (Å²) in [4.78, 5) is 13.7. The topological polar surface area (TPSA) is 79.8 Å². The van der Waals surface area contributed by atoms with Crippen LogP contribution in [0, 0.1) is 0 Å². The lowest BCUT2D eigenvalue weighted by molar-refractivity contribution is -0.116. The first kappa shape index (κ1) is 23.1. The van der Waals surface area contributed by atoms with Crippen LogP contribution in [0.25, 0.3) is 0 Å². The molecule has 2 atom stereocenters. The molecule has 0 saturated carbocycles. The van der Waals surface area contributed by atoms with Crippen molar-refractivity contribution in [2.24, 2.45) is 0 Å². The molecule has 0 amide bonds. The zero-order chi connectivity index (χ0) is 24.5. The summed E-state index contributed by atoms with van der Waals surface area (Å²) in [6.07, 6.45) is 1.08. The molecule has 3 aromatic rings. The van der Waals surface area contributed by atoms with Gasteiger partial charge in [0.2, 0.25) is 0 Å². The number of rotatable bonds is 5. The summed E-state index contributed by atoms with van der Waals surface area (Å²) in [6.45, 7) is 2.22. The van der Waals surface area contributed by atoms with Gasteiger partial charge in [0, 0.05) is 17.7 Å². The second kappa shape index (κ2) is 9.55. The molecule has 0 aromatic heterocycles. The van der Waals surface area contributed by atoms with Crippen LogP contribution >= 0.6 is 11.6 Å². The molecule has 0 saturated heterocycles. The van der Waals surface area contributed by atoms with E-state index >= 15 is 0 Å². The molecule has 3 aromatic carbocycles. The van der Waals surface area contributed by atoms with E-state index in [2.05, 4.69) is 10.6 Å². The van der Waals surface area contributed by atoms with Crippen LogP contribution in [0.15, 0.2) is 71.9 Å². The second-order valence-electron chi connectivity index (χ2n) is 8.72. The standard InChI is InChI=1S/C28H27ClN2O4/c1-3-35-25-15-18(12-20(29)28(25)33)27-26-23(30-21-6-4-5-7-22(21)31-27)13-17(14-24(26)32)16-8-10-19(34-2)11-9-16/h4-12,15,17,27,30-31,33H,3,13-14H2,1-2H3/t17-,27-/m1/s1. The predicted molar refractivity (Wildman–Crippen MR) is 138 cm³/mol. The number of hydrogen-bond donors (Lipinski definition) is 3. The number of phenolic OH excluding ortho intramolecular Hbond substituents is 1. The third-order valence-corrected chi connectivity index (χ3v) is 6.87. The number of ether oxygens (including phenoxy) is 2. The van der Waals surface area contributed by atoms with Gasteiger partial charge in [0.1, 0.15) is 5.75 Å². The maximum absolute atomic E-state index is 13.7. The summed E-state index contributed by atoms with van der Waals surface area (Å²) in [7, 11) is 1.64. The zero-order valence-electron chi connectivity index (χ0n) is 19.6. The monoisotopic (exact) mass is 490 g/mol. The number of anilines is 2. The zero-order valence-corrected chi connectivity index (χ0v) is 20.4. The molecule has 1 heterocycles. The van der Waals surface area contributed by atoms with Gasteiger partial charge in [-0.1, -0.05) is 35.9 Å². The fourth-order valence-electron chi connectivity index (χ4n) is 4.88. The van der Waals surface area contributed by atoms with Crippen LogP contribution in [0.4, 0.5) is 11.4 Å². The first-order chi connectivity index (χ1) is 17.0. The maximum Gasteiger partial charge on any atom is 0.176 e. The minimum absolute atomic E-state index is 0.0490. The number of Topliss-reactive ketones (excluding diaryl/α,β-unsaturated/α-hetero) is 1. The lowest BCUT2D eigenvalue weighted by Crippen LogP contribution is -2.27. The van der Waals surface area contributed by atoms with Crippen LogP contribution in [0.1, 0.15) is 42.9 Å². The molecule has 0 radical (unpaired) electrons. The van der Waals surface area contributed by atoms with Gasteiger partial charge in [-0.2, -0.15) is 0 Å². The van der Waals surface area contributed by atoms with Crippen molar-refractivity contribution in [2.45, 2.75) is 31.7 Å². The summed E-state index contributed by atoms with van der Waals surface area (Å²) < 4.78 is 10.9. The van der Waals surface area contributed by atoms with Crippen molar-refractivity contribution in [3.8, 4) is 17.2 Å². The van der Waals surface area contributed by atoms with E-state index < -0.39 is 6.04 Å². The Labute approximate surface area is 209 Å². The van der Waals surface area contributed by atoms with E-state index in [-0.39, 0.29) is 22.5 Å². The summed E-state index contributed by atoms with van der Waals surface area (Å²) in [5.74, 6) is 1.09. The number of aromatic hydroxyl groups is 1. The Morgan fingerprint density at radius 3 is 2.49 bits per heavy atom. The number of phenols is 1. The minimum atomic E-state index is -0.456. The average Bonchev–Trinajstić information content (AvgIpc) is 3.04. The average molecular weight is 491 g/mol. The number of allylic oxidation sites excluding steroid dienone is 1. The third kappa shape index (κ3) is 4.42. The molecule has 3 N–H and O–H groups in total. The SMILES string of the molecule is CCOc1cc([C@H]2Nc3ccccc3NC3=C2C(=O)C[C@H](c2ccc(OC)cc2)C3)cc(Cl)c1O. The molecular weight excluding hydrogens is 464 g/mol. The van der Waals surface area contributed by atoms with Crippen LogP contribution in [-0.2, 0) is 4.79 Å². The van der Waals surface area contributed by atoms with E-state index in [9.17, 15) is 9.90 Å². The number of carbonyl (C=O) groups excluding carboxylic acids is 1. The Morgan fingerprint density at radius 2 is 1.77 bits per heavy atom. The summed E-state index contributed by atoms with van der Waals surface area (Å²) in [6, 6.07) is 18.8. The number of ketones is 1. The molecule has 0 unspecified atom stereocenters. The summed E-state index contributed by atoms with van der Waals surface area (Å²) in [5.41, 5.74) is 5.18. The van der Waals surface area contributed by atoms with Crippen LogP contribution in [-0.4, -0.2) is 24.6 Å². The molecular formula is C28H27ClN2O4. The Balaban J connectivity index is 1.60. The summed E-state index contributed by atoms with van der Waals surface area (Å²) in [5, 5.41) is 17.6. The second-order valence-corrected chi connectivity index (χ2v) is 9.13. The fourth-order valence-corrected chi connectivity index (χ4v) is 5.10. The predicted octanol–water partition coefficient (Wildman–Crippen LogP) is 6.43. The van der Waals surface area contributed by atoms with E-state index in [0.717, 1.165) is 33.9 Å². The van der Waals surface area contributed by atoms with E-state index in [0.29, 0.717) is 30.8 Å². The van der Waals surface area contributed by atoms with Crippen molar-refractivity contribution in [3.05, 3.63) is 88.1 Å². The molecule has 180 valence electrons. The highest BCUT2D eigenvalue weighted by molar-refractivity contribution is 6.32. The molecule has 6 nitrogen and oxygen atoms in total. The first-order valence-corrected chi connectivity index (χ1v) is 12.0. The molecule has 2 aliphatic rings. The highest BCUT2D eigenvalue weighted by Gasteiger charge is 2.36. The lowest BCUT2D eigenvalue weighted by atomic mass is 9.78. The number of hydrogen-bond acceptors (Lipinski definition) is 6. The van der Waals surface area contributed by atoms with Crippen molar-refractivity contribution in [2.75, 3.05) is 24.4 Å². The Kier molecular flexibility index (Phi) is 6.31. The molecule has 5 rings (SSSR count). The van der Waals surface area contributed by atoms with Gasteiger partial charge in [0.15, 0.2) is 17.3 Å². The molecule has 0 spiro atoms. The summed E-state index contributed by atoms with van der Waals surface area (Å²) >= 11 is 6.37. The minimum Gasteiger partial charge on any atom is -0.503 e. The number of nitrogens with one attached hydrogen (secondary N) is 2. The van der Waals surface area contributed by atoms with Gasteiger partial charge in [-0.15, -0.1) is 0 Å². The number of benzene rings is 3. The van der Waals surface area contributed by atoms with Crippen molar-refractivity contribution in [3.63, 3.8) is 0 Å². The van der Waals surface area contributed by atoms with E-state index in [1.54, 1.807) is 19.2 Å². The van der Waals surface area contributed by atoms with Crippen molar-refractivity contribution >= 4 is 28.8 Å². The van der Waals surface area contributed by atoms with E-state index in [1.807, 2.05) is 55.5 Å². The Hall–Kier alpha value is -3.64. The van der Waals surface area contributed by atoms with Crippen molar-refractivity contribution in [1.29, 1.82) is 0 Å². The van der Waals surface area contributed by atoms with Gasteiger partial charge >= 0.3 is 0 Å².